The highest BCUT2D eigenvalue weighted by molar-refractivity contribution is 7.89. The summed E-state index contributed by atoms with van der Waals surface area (Å²) < 4.78 is 32.9. The Hall–Kier alpha value is -2.38. The minimum atomic E-state index is -3.66. The van der Waals surface area contributed by atoms with Crippen LogP contribution < -0.4 is 14.8 Å². The molecule has 7 heteroatoms. The monoisotopic (exact) mass is 390 g/mol. The Balaban J connectivity index is 1.91. The number of aryl methyl sites for hydroxylation is 3. The summed E-state index contributed by atoms with van der Waals surface area (Å²) in [5.74, 6) is 0.463. The number of carbonyl (C=O) groups excluding carboxylic acids is 1. The number of amides is 1. The summed E-state index contributed by atoms with van der Waals surface area (Å²) >= 11 is 0. The van der Waals surface area contributed by atoms with Crippen LogP contribution in [-0.2, 0) is 21.4 Å². The van der Waals surface area contributed by atoms with Crippen molar-refractivity contribution in [2.45, 2.75) is 38.6 Å². The molecule has 2 N–H and O–H groups in total. The summed E-state index contributed by atoms with van der Waals surface area (Å²) in [6.45, 7) is 5.83. The highest BCUT2D eigenvalue weighted by atomic mass is 32.2. The maximum absolute atomic E-state index is 12.6. The van der Waals surface area contributed by atoms with Gasteiger partial charge in [0, 0.05) is 25.1 Å². The molecule has 2 aromatic rings. The summed E-state index contributed by atoms with van der Waals surface area (Å²) in [5, 5.41) is 2.78. The van der Waals surface area contributed by atoms with E-state index in [1.54, 1.807) is 21.0 Å². The Labute approximate surface area is 161 Å². The first-order valence-electron chi connectivity index (χ1n) is 8.70. The van der Waals surface area contributed by atoms with Crippen molar-refractivity contribution in [2.75, 3.05) is 13.7 Å². The fraction of sp³-hybridized carbons (Fsp3) is 0.350. The molecule has 27 heavy (non-hydrogen) atoms. The average molecular weight is 391 g/mol. The van der Waals surface area contributed by atoms with Gasteiger partial charge in [0.2, 0.25) is 15.9 Å². The molecule has 0 aliphatic heterocycles. The van der Waals surface area contributed by atoms with Crippen molar-refractivity contribution in [2.24, 2.45) is 0 Å². The highest BCUT2D eigenvalue weighted by Crippen LogP contribution is 2.21. The zero-order valence-electron chi connectivity index (χ0n) is 16.1. The SMILES string of the molecule is COc1ccccc1CNC(=O)CCNS(=O)(=O)c1c(C)cc(C)cc1C. The maximum Gasteiger partial charge on any atom is 0.241 e. The second-order valence-electron chi connectivity index (χ2n) is 6.46. The number of rotatable bonds is 8. The van der Waals surface area contributed by atoms with Crippen LogP contribution >= 0.6 is 0 Å². The first kappa shape index (κ1) is 20.9. The third kappa shape index (κ3) is 5.55. The molecule has 0 radical (unpaired) electrons. The first-order chi connectivity index (χ1) is 12.7. The van der Waals surface area contributed by atoms with Gasteiger partial charge in [-0.3, -0.25) is 4.79 Å². The van der Waals surface area contributed by atoms with Gasteiger partial charge in [0.25, 0.3) is 0 Å². The fourth-order valence-electron chi connectivity index (χ4n) is 3.09. The van der Waals surface area contributed by atoms with E-state index in [4.69, 9.17) is 4.74 Å². The third-order valence-corrected chi connectivity index (χ3v) is 5.95. The molecule has 0 saturated carbocycles. The number of nitrogens with one attached hydrogen (secondary N) is 2. The molecule has 2 aromatic carbocycles. The molecule has 0 aliphatic rings. The van der Waals surface area contributed by atoms with Gasteiger partial charge in [-0.2, -0.15) is 0 Å². The predicted molar refractivity (Wildman–Crippen MR) is 105 cm³/mol. The van der Waals surface area contributed by atoms with Crippen molar-refractivity contribution in [1.29, 1.82) is 0 Å². The molecule has 0 unspecified atom stereocenters. The normalized spacial score (nSPS) is 11.3. The lowest BCUT2D eigenvalue weighted by molar-refractivity contribution is -0.121. The largest absolute Gasteiger partial charge is 0.496 e. The summed E-state index contributed by atoms with van der Waals surface area (Å²) in [4.78, 5) is 12.3. The Bertz CT molecular complexity index is 900. The lowest BCUT2D eigenvalue weighted by Crippen LogP contribution is -2.31. The zero-order valence-corrected chi connectivity index (χ0v) is 16.9. The second-order valence-corrected chi connectivity index (χ2v) is 8.17. The standard InChI is InChI=1S/C20H26N2O4S/c1-14-11-15(2)20(16(3)12-14)27(24,25)22-10-9-19(23)21-13-17-7-5-6-8-18(17)26-4/h5-8,11-12,22H,9-10,13H2,1-4H3,(H,21,23). The first-order valence-corrected chi connectivity index (χ1v) is 10.2. The second kappa shape index (κ2) is 9.01. The lowest BCUT2D eigenvalue weighted by Gasteiger charge is -2.13. The van der Waals surface area contributed by atoms with Crippen LogP contribution in [0.3, 0.4) is 0 Å². The summed E-state index contributed by atoms with van der Waals surface area (Å²) in [6.07, 6.45) is 0.0539. The Morgan fingerprint density at radius 2 is 1.70 bits per heavy atom. The van der Waals surface area contributed by atoms with Crippen molar-refractivity contribution < 1.29 is 17.9 Å². The number of sulfonamides is 1. The van der Waals surface area contributed by atoms with Gasteiger partial charge in [0.05, 0.1) is 12.0 Å². The van der Waals surface area contributed by atoms with Gasteiger partial charge < -0.3 is 10.1 Å². The molecule has 0 fully saturated rings. The zero-order chi connectivity index (χ0) is 20.0. The Morgan fingerprint density at radius 3 is 2.33 bits per heavy atom. The van der Waals surface area contributed by atoms with Crippen molar-refractivity contribution in [3.05, 3.63) is 58.7 Å². The van der Waals surface area contributed by atoms with Gasteiger partial charge in [0.1, 0.15) is 5.75 Å². The number of methoxy groups -OCH3 is 1. The smallest absolute Gasteiger partial charge is 0.241 e. The number of para-hydroxylation sites is 1. The van der Waals surface area contributed by atoms with Crippen LogP contribution in [0.2, 0.25) is 0 Å². The molecule has 0 spiro atoms. The molecular weight excluding hydrogens is 364 g/mol. The lowest BCUT2D eigenvalue weighted by atomic mass is 10.1. The van der Waals surface area contributed by atoms with Gasteiger partial charge in [-0.05, 0) is 38.0 Å². The van der Waals surface area contributed by atoms with E-state index in [1.165, 1.54) is 0 Å². The van der Waals surface area contributed by atoms with Crippen LogP contribution in [0, 0.1) is 20.8 Å². The minimum absolute atomic E-state index is 0.0346. The van der Waals surface area contributed by atoms with Crippen molar-refractivity contribution in [3.63, 3.8) is 0 Å². The molecular formula is C20H26N2O4S. The third-order valence-electron chi connectivity index (χ3n) is 4.19. The highest BCUT2D eigenvalue weighted by Gasteiger charge is 2.19. The van der Waals surface area contributed by atoms with Crippen molar-refractivity contribution >= 4 is 15.9 Å². The van der Waals surface area contributed by atoms with Crippen LogP contribution in [0.25, 0.3) is 0 Å². The van der Waals surface area contributed by atoms with Gasteiger partial charge in [-0.1, -0.05) is 35.9 Å². The van der Waals surface area contributed by atoms with E-state index in [0.717, 1.165) is 11.1 Å². The Kier molecular flexibility index (Phi) is 6.98. The molecule has 2 rings (SSSR count). The predicted octanol–water partition coefficient (Wildman–Crippen LogP) is 2.61. The average Bonchev–Trinajstić information content (AvgIpc) is 2.58. The van der Waals surface area contributed by atoms with Crippen molar-refractivity contribution in [3.8, 4) is 5.75 Å². The van der Waals surface area contributed by atoms with E-state index < -0.39 is 10.0 Å². The summed E-state index contributed by atoms with van der Waals surface area (Å²) in [6, 6.07) is 11.1. The van der Waals surface area contributed by atoms with Crippen LogP contribution in [0.1, 0.15) is 28.7 Å². The van der Waals surface area contributed by atoms with Crippen LogP contribution in [0.5, 0.6) is 5.75 Å². The molecule has 0 bridgehead atoms. The summed E-state index contributed by atoms with van der Waals surface area (Å²) in [5.41, 5.74) is 3.26. The van der Waals surface area contributed by atoms with E-state index in [-0.39, 0.29) is 23.8 Å². The molecule has 0 aromatic heterocycles. The summed E-state index contributed by atoms with van der Waals surface area (Å²) in [7, 11) is -2.09. The molecule has 0 saturated heterocycles. The molecule has 146 valence electrons. The number of hydrogen-bond acceptors (Lipinski definition) is 4. The fourth-order valence-corrected chi connectivity index (χ4v) is 4.57. The number of carbonyl (C=O) groups is 1. The maximum atomic E-state index is 12.6. The van der Waals surface area contributed by atoms with Gasteiger partial charge in [-0.15, -0.1) is 0 Å². The van der Waals surface area contributed by atoms with Crippen LogP contribution in [0.4, 0.5) is 0 Å². The molecule has 0 aliphatic carbocycles. The number of ether oxygens (including phenoxy) is 1. The molecule has 0 atom stereocenters. The number of hydrogen-bond donors (Lipinski definition) is 2. The molecule has 6 nitrogen and oxygen atoms in total. The molecule has 1 amide bonds. The minimum Gasteiger partial charge on any atom is -0.496 e. The van der Waals surface area contributed by atoms with Crippen LogP contribution in [-0.4, -0.2) is 28.0 Å². The van der Waals surface area contributed by atoms with E-state index in [2.05, 4.69) is 10.0 Å². The Morgan fingerprint density at radius 1 is 1.07 bits per heavy atom. The van der Waals surface area contributed by atoms with Gasteiger partial charge in [-0.25, -0.2) is 13.1 Å². The van der Waals surface area contributed by atoms with Gasteiger partial charge in [0.15, 0.2) is 0 Å². The van der Waals surface area contributed by atoms with Crippen LogP contribution in [0.15, 0.2) is 41.3 Å². The van der Waals surface area contributed by atoms with E-state index in [9.17, 15) is 13.2 Å². The van der Waals surface area contributed by atoms with Gasteiger partial charge >= 0.3 is 0 Å². The van der Waals surface area contributed by atoms with Crippen molar-refractivity contribution in [1.82, 2.24) is 10.0 Å². The van der Waals surface area contributed by atoms with E-state index in [1.807, 2.05) is 43.3 Å². The number of benzene rings is 2. The topological polar surface area (TPSA) is 84.5 Å². The molecule has 0 heterocycles. The van der Waals surface area contributed by atoms with E-state index >= 15 is 0 Å². The quantitative estimate of drug-likeness (QED) is 0.726. The van der Waals surface area contributed by atoms with E-state index in [0.29, 0.717) is 23.4 Å².